The fourth-order valence-electron chi connectivity index (χ4n) is 1.67. The van der Waals surface area contributed by atoms with Crippen LogP contribution in [0.3, 0.4) is 0 Å². The molecule has 0 radical (unpaired) electrons. The van der Waals surface area contributed by atoms with Gasteiger partial charge < -0.3 is 5.32 Å². The first-order chi connectivity index (χ1) is 10.8. The number of carbonyl (C=O) groups excluding carboxylic acids is 1. The molecule has 0 aliphatic carbocycles. The monoisotopic (exact) mass is 380 g/mol. The molecule has 0 saturated carbocycles. The molecule has 0 aliphatic heterocycles. The zero-order valence-electron chi connectivity index (χ0n) is 11.3. The average Bonchev–Trinajstić information content (AvgIpc) is 2.47. The number of rotatable bonds is 4. The summed E-state index contributed by atoms with van der Waals surface area (Å²) in [7, 11) is 0. The Labute approximate surface area is 144 Å². The number of alkyl halides is 3. The molecule has 2 rings (SSSR count). The van der Waals surface area contributed by atoms with Crippen LogP contribution in [0.15, 0.2) is 41.6 Å². The average molecular weight is 381 g/mol. The molecule has 1 heterocycles. The number of anilines is 1. The topological polar surface area (TPSA) is 42.0 Å². The molecule has 0 atom stereocenters. The van der Waals surface area contributed by atoms with E-state index < -0.39 is 23.3 Å². The van der Waals surface area contributed by atoms with Crippen molar-refractivity contribution >= 4 is 46.6 Å². The lowest BCUT2D eigenvalue weighted by Gasteiger charge is -2.15. The molecule has 122 valence electrons. The van der Waals surface area contributed by atoms with Gasteiger partial charge in [-0.05, 0) is 24.3 Å². The van der Waals surface area contributed by atoms with E-state index in [1.807, 2.05) is 0 Å². The lowest BCUT2D eigenvalue weighted by atomic mass is 10.1. The first kappa shape index (κ1) is 17.9. The molecule has 1 aromatic heterocycles. The van der Waals surface area contributed by atoms with Gasteiger partial charge in [-0.15, -0.1) is 0 Å². The van der Waals surface area contributed by atoms with Gasteiger partial charge in [0.25, 0.3) is 0 Å². The Balaban J connectivity index is 2.11. The minimum Gasteiger partial charge on any atom is -0.324 e. The van der Waals surface area contributed by atoms with Gasteiger partial charge in [0.05, 0.1) is 27.0 Å². The SMILES string of the molecule is O=C(CSc1ncccc1Cl)Nc1c(Cl)cccc1C(F)(F)F. The second-order valence-corrected chi connectivity index (χ2v) is 6.07. The first-order valence-electron chi connectivity index (χ1n) is 6.18. The molecule has 1 aromatic carbocycles. The van der Waals surface area contributed by atoms with Gasteiger partial charge in [-0.3, -0.25) is 4.79 Å². The molecular formula is C14H9Cl2F3N2OS. The molecule has 3 nitrogen and oxygen atoms in total. The van der Waals surface area contributed by atoms with Crippen LogP contribution in [0.2, 0.25) is 10.0 Å². The lowest BCUT2D eigenvalue weighted by Crippen LogP contribution is -2.18. The second-order valence-electron chi connectivity index (χ2n) is 4.29. The van der Waals surface area contributed by atoms with Crippen LogP contribution in [0.25, 0.3) is 0 Å². The summed E-state index contributed by atoms with van der Waals surface area (Å²) >= 11 is 12.7. The van der Waals surface area contributed by atoms with Crippen LogP contribution in [0, 0.1) is 0 Å². The molecule has 0 bridgehead atoms. The highest BCUT2D eigenvalue weighted by atomic mass is 35.5. The number of hydrogen-bond donors (Lipinski definition) is 1. The Morgan fingerprint density at radius 2 is 1.87 bits per heavy atom. The predicted molar refractivity (Wildman–Crippen MR) is 85.1 cm³/mol. The number of amides is 1. The summed E-state index contributed by atoms with van der Waals surface area (Å²) in [6.45, 7) is 0. The lowest BCUT2D eigenvalue weighted by molar-refractivity contribution is -0.137. The molecule has 0 fully saturated rings. The highest BCUT2D eigenvalue weighted by Gasteiger charge is 2.34. The molecule has 0 saturated heterocycles. The highest BCUT2D eigenvalue weighted by molar-refractivity contribution is 8.00. The number of nitrogens with one attached hydrogen (secondary N) is 1. The normalized spacial score (nSPS) is 11.3. The van der Waals surface area contributed by atoms with E-state index in [0.29, 0.717) is 10.0 Å². The number of hydrogen-bond acceptors (Lipinski definition) is 3. The van der Waals surface area contributed by atoms with E-state index in [9.17, 15) is 18.0 Å². The van der Waals surface area contributed by atoms with Crippen LogP contribution in [-0.2, 0) is 11.0 Å². The summed E-state index contributed by atoms with van der Waals surface area (Å²) in [5, 5.41) is 2.78. The molecule has 0 unspecified atom stereocenters. The van der Waals surface area contributed by atoms with Gasteiger partial charge in [0, 0.05) is 6.20 Å². The van der Waals surface area contributed by atoms with E-state index in [-0.39, 0.29) is 10.8 Å². The van der Waals surface area contributed by atoms with Crippen molar-refractivity contribution in [1.29, 1.82) is 0 Å². The summed E-state index contributed by atoms with van der Waals surface area (Å²) < 4.78 is 38.8. The van der Waals surface area contributed by atoms with Crippen molar-refractivity contribution < 1.29 is 18.0 Å². The quantitative estimate of drug-likeness (QED) is 0.746. The van der Waals surface area contributed by atoms with E-state index in [2.05, 4.69) is 10.3 Å². The largest absolute Gasteiger partial charge is 0.418 e. The van der Waals surface area contributed by atoms with Crippen LogP contribution in [-0.4, -0.2) is 16.6 Å². The Bertz CT molecular complexity index is 725. The van der Waals surface area contributed by atoms with Gasteiger partial charge in [-0.25, -0.2) is 4.98 Å². The minimum atomic E-state index is -4.62. The molecule has 0 spiro atoms. The van der Waals surface area contributed by atoms with E-state index in [4.69, 9.17) is 23.2 Å². The van der Waals surface area contributed by atoms with Crippen molar-refractivity contribution in [2.75, 3.05) is 11.1 Å². The van der Waals surface area contributed by atoms with E-state index in [1.165, 1.54) is 18.3 Å². The van der Waals surface area contributed by atoms with E-state index in [1.54, 1.807) is 12.1 Å². The van der Waals surface area contributed by atoms with Gasteiger partial charge in [0.15, 0.2) is 0 Å². The van der Waals surface area contributed by atoms with Crippen LogP contribution >= 0.6 is 35.0 Å². The van der Waals surface area contributed by atoms with Crippen molar-refractivity contribution in [1.82, 2.24) is 4.98 Å². The first-order valence-corrected chi connectivity index (χ1v) is 7.92. The minimum absolute atomic E-state index is 0.154. The molecule has 23 heavy (non-hydrogen) atoms. The second kappa shape index (κ2) is 7.42. The summed E-state index contributed by atoms with van der Waals surface area (Å²) in [5.74, 6) is -0.797. The fraction of sp³-hybridized carbons (Fsp3) is 0.143. The van der Waals surface area contributed by atoms with Crippen LogP contribution in [0.1, 0.15) is 5.56 Å². The predicted octanol–water partition coefficient (Wildman–Crippen LogP) is 5.14. The third-order valence-corrected chi connectivity index (χ3v) is 4.39. The number of benzene rings is 1. The van der Waals surface area contributed by atoms with Crippen LogP contribution < -0.4 is 5.32 Å². The third kappa shape index (κ3) is 4.76. The number of nitrogens with zero attached hydrogens (tertiary/aromatic N) is 1. The third-order valence-electron chi connectivity index (χ3n) is 2.65. The van der Waals surface area contributed by atoms with Gasteiger partial charge in [0.2, 0.25) is 5.91 Å². The van der Waals surface area contributed by atoms with Crippen molar-refractivity contribution in [2.45, 2.75) is 11.2 Å². The molecule has 2 aromatic rings. The molecular weight excluding hydrogens is 372 g/mol. The number of para-hydroxylation sites is 1. The Hall–Kier alpha value is -1.44. The van der Waals surface area contributed by atoms with E-state index >= 15 is 0 Å². The number of pyridine rings is 1. The van der Waals surface area contributed by atoms with Crippen molar-refractivity contribution in [3.63, 3.8) is 0 Å². The molecule has 9 heteroatoms. The Morgan fingerprint density at radius 3 is 2.52 bits per heavy atom. The standard InChI is InChI=1S/C14H9Cl2F3N2OS/c15-9-4-1-3-8(14(17,18)19)12(9)21-11(22)7-23-13-10(16)5-2-6-20-13/h1-6H,7H2,(H,21,22). The number of thioether (sulfide) groups is 1. The Morgan fingerprint density at radius 1 is 1.17 bits per heavy atom. The maximum absolute atomic E-state index is 12.9. The molecule has 0 aliphatic rings. The van der Waals surface area contributed by atoms with Crippen LogP contribution in [0.4, 0.5) is 18.9 Å². The molecule has 1 N–H and O–H groups in total. The summed E-state index contributed by atoms with van der Waals surface area (Å²) in [6, 6.07) is 6.53. The highest BCUT2D eigenvalue weighted by Crippen LogP contribution is 2.38. The fourth-order valence-corrected chi connectivity index (χ4v) is 2.86. The zero-order chi connectivity index (χ0) is 17.0. The maximum Gasteiger partial charge on any atom is 0.418 e. The van der Waals surface area contributed by atoms with E-state index in [0.717, 1.165) is 17.8 Å². The van der Waals surface area contributed by atoms with Crippen molar-refractivity contribution in [3.8, 4) is 0 Å². The summed E-state index contributed by atoms with van der Waals surface area (Å²) in [4.78, 5) is 15.9. The maximum atomic E-state index is 12.9. The zero-order valence-corrected chi connectivity index (χ0v) is 13.7. The molecule has 1 amide bonds. The van der Waals surface area contributed by atoms with Gasteiger partial charge in [-0.2, -0.15) is 13.2 Å². The summed E-state index contributed by atoms with van der Waals surface area (Å²) in [5.41, 5.74) is -1.46. The van der Waals surface area contributed by atoms with Crippen molar-refractivity contribution in [3.05, 3.63) is 52.1 Å². The van der Waals surface area contributed by atoms with Crippen LogP contribution in [0.5, 0.6) is 0 Å². The number of carbonyl (C=O) groups is 1. The smallest absolute Gasteiger partial charge is 0.324 e. The number of aromatic nitrogens is 1. The van der Waals surface area contributed by atoms with Gasteiger partial charge in [-0.1, -0.05) is 41.0 Å². The summed E-state index contributed by atoms with van der Waals surface area (Å²) in [6.07, 6.45) is -3.12. The van der Waals surface area contributed by atoms with Crippen molar-refractivity contribution in [2.24, 2.45) is 0 Å². The van der Waals surface area contributed by atoms with Gasteiger partial charge in [0.1, 0.15) is 5.03 Å². The Kier molecular flexibility index (Phi) is 5.78. The van der Waals surface area contributed by atoms with Gasteiger partial charge >= 0.3 is 6.18 Å². The number of halogens is 5.